The smallest absolute Gasteiger partial charge is 0.268 e. The lowest BCUT2D eigenvalue weighted by atomic mass is 9.95. The van der Waals surface area contributed by atoms with E-state index in [1.165, 1.54) is 48.3 Å². The van der Waals surface area contributed by atoms with Gasteiger partial charge in [-0.2, -0.15) is 0 Å². The molecular formula is C20H21N5OS3. The molecule has 1 N–H and O–H groups in total. The molecule has 0 amide bonds. The number of thioether (sulfide) groups is 1. The quantitative estimate of drug-likeness (QED) is 0.423. The number of aromatic amines is 1. The standard InChI is InChI=1S/C20H21N5OS3/c26-19-18-15(8-10-28-18)21-16(22-19)12-29-20-24-23-17(11-14-7-4-9-27-14)25(20)13-5-2-1-3-6-13/h4,7-10,13H,1-3,5-6,11-12H2,(H,21,22,26). The van der Waals surface area contributed by atoms with Crippen molar-refractivity contribution >= 4 is 44.7 Å². The van der Waals surface area contributed by atoms with Gasteiger partial charge in [0.05, 0.1) is 11.3 Å². The van der Waals surface area contributed by atoms with Gasteiger partial charge in [0.2, 0.25) is 0 Å². The monoisotopic (exact) mass is 443 g/mol. The van der Waals surface area contributed by atoms with Gasteiger partial charge in [0.15, 0.2) is 5.16 Å². The van der Waals surface area contributed by atoms with Crippen LogP contribution in [0.4, 0.5) is 0 Å². The van der Waals surface area contributed by atoms with E-state index >= 15 is 0 Å². The zero-order chi connectivity index (χ0) is 19.6. The van der Waals surface area contributed by atoms with Gasteiger partial charge in [0, 0.05) is 17.3 Å². The third-order valence-electron chi connectivity index (χ3n) is 5.29. The molecule has 1 aliphatic carbocycles. The summed E-state index contributed by atoms with van der Waals surface area (Å²) in [6.45, 7) is 0. The van der Waals surface area contributed by atoms with E-state index in [0.717, 1.165) is 22.9 Å². The summed E-state index contributed by atoms with van der Waals surface area (Å²) in [7, 11) is 0. The molecule has 0 aliphatic heterocycles. The van der Waals surface area contributed by atoms with Crippen LogP contribution < -0.4 is 5.56 Å². The largest absolute Gasteiger partial charge is 0.309 e. The molecule has 1 fully saturated rings. The first-order valence-corrected chi connectivity index (χ1v) is 12.6. The lowest BCUT2D eigenvalue weighted by molar-refractivity contribution is 0.330. The van der Waals surface area contributed by atoms with Crippen LogP contribution in [0.3, 0.4) is 0 Å². The van der Waals surface area contributed by atoms with Crippen LogP contribution in [0, 0.1) is 0 Å². The number of aromatic nitrogens is 5. The highest BCUT2D eigenvalue weighted by molar-refractivity contribution is 7.98. The Kier molecular flexibility index (Phi) is 5.52. The van der Waals surface area contributed by atoms with Gasteiger partial charge in [-0.25, -0.2) is 4.98 Å². The summed E-state index contributed by atoms with van der Waals surface area (Å²) in [6, 6.07) is 6.59. The van der Waals surface area contributed by atoms with Crippen molar-refractivity contribution in [3.05, 3.63) is 55.8 Å². The van der Waals surface area contributed by atoms with Crippen LogP contribution in [-0.2, 0) is 12.2 Å². The summed E-state index contributed by atoms with van der Waals surface area (Å²) in [6.07, 6.45) is 7.01. The molecule has 4 aromatic rings. The van der Waals surface area contributed by atoms with E-state index in [4.69, 9.17) is 0 Å². The van der Waals surface area contributed by atoms with Gasteiger partial charge in [-0.3, -0.25) is 4.79 Å². The SMILES string of the molecule is O=c1[nH]c(CSc2nnc(Cc3cccs3)n2C2CCCCC2)nc2ccsc12. The van der Waals surface area contributed by atoms with Crippen molar-refractivity contribution in [1.29, 1.82) is 0 Å². The van der Waals surface area contributed by atoms with Crippen molar-refractivity contribution in [3.8, 4) is 0 Å². The van der Waals surface area contributed by atoms with Crippen molar-refractivity contribution in [3.63, 3.8) is 0 Å². The zero-order valence-electron chi connectivity index (χ0n) is 15.8. The Labute approximate surface area is 180 Å². The number of fused-ring (bicyclic) bond motifs is 1. The first kappa shape index (κ1) is 19.0. The molecular weight excluding hydrogens is 422 g/mol. The second kappa shape index (κ2) is 8.41. The molecule has 0 spiro atoms. The van der Waals surface area contributed by atoms with Crippen LogP contribution in [-0.4, -0.2) is 24.7 Å². The van der Waals surface area contributed by atoms with Crippen LogP contribution in [0.25, 0.3) is 10.2 Å². The van der Waals surface area contributed by atoms with Gasteiger partial charge in [0.25, 0.3) is 5.56 Å². The number of nitrogens with one attached hydrogen (secondary N) is 1. The van der Waals surface area contributed by atoms with E-state index in [0.29, 0.717) is 22.3 Å². The van der Waals surface area contributed by atoms with Crippen LogP contribution in [0.1, 0.15) is 54.7 Å². The Hall–Kier alpha value is -1.97. The minimum atomic E-state index is -0.0623. The van der Waals surface area contributed by atoms with Crippen LogP contribution in [0.2, 0.25) is 0 Å². The lowest BCUT2D eigenvalue weighted by Crippen LogP contribution is -2.17. The predicted octanol–water partition coefficient (Wildman–Crippen LogP) is 5.03. The van der Waals surface area contributed by atoms with Crippen molar-refractivity contribution in [2.24, 2.45) is 0 Å². The second-order valence-corrected chi connectivity index (χ2v) is 10.1. The molecule has 0 aromatic carbocycles. The van der Waals surface area contributed by atoms with Gasteiger partial charge in [-0.1, -0.05) is 37.1 Å². The fraction of sp³-hybridized carbons (Fsp3) is 0.400. The Bertz CT molecular complexity index is 1150. The van der Waals surface area contributed by atoms with Crippen molar-refractivity contribution in [1.82, 2.24) is 24.7 Å². The number of rotatable bonds is 6. The molecule has 5 rings (SSSR count). The Morgan fingerprint density at radius 1 is 1.14 bits per heavy atom. The molecule has 1 saturated carbocycles. The first-order chi connectivity index (χ1) is 14.3. The van der Waals surface area contributed by atoms with E-state index in [1.807, 2.05) is 11.4 Å². The molecule has 0 bridgehead atoms. The highest BCUT2D eigenvalue weighted by Gasteiger charge is 2.23. The fourth-order valence-electron chi connectivity index (χ4n) is 3.92. The molecule has 4 aromatic heterocycles. The van der Waals surface area contributed by atoms with Crippen LogP contribution in [0.5, 0.6) is 0 Å². The van der Waals surface area contributed by atoms with Gasteiger partial charge in [-0.15, -0.1) is 32.9 Å². The molecule has 0 unspecified atom stereocenters. The average molecular weight is 444 g/mol. The minimum absolute atomic E-state index is 0.0623. The van der Waals surface area contributed by atoms with E-state index in [2.05, 4.69) is 42.2 Å². The summed E-state index contributed by atoms with van der Waals surface area (Å²) in [5.74, 6) is 2.30. The van der Waals surface area contributed by atoms with Gasteiger partial charge in [0.1, 0.15) is 16.3 Å². The number of hydrogen-bond acceptors (Lipinski definition) is 7. The molecule has 6 nitrogen and oxygen atoms in total. The number of thiophene rings is 2. The van der Waals surface area contributed by atoms with E-state index in [9.17, 15) is 4.79 Å². The molecule has 29 heavy (non-hydrogen) atoms. The van der Waals surface area contributed by atoms with Crippen molar-refractivity contribution in [2.45, 2.75) is 55.5 Å². The van der Waals surface area contributed by atoms with Crippen LogP contribution >= 0.6 is 34.4 Å². The number of hydrogen-bond donors (Lipinski definition) is 1. The fourth-order valence-corrected chi connectivity index (χ4v) is 6.25. The summed E-state index contributed by atoms with van der Waals surface area (Å²) in [4.78, 5) is 21.1. The van der Waals surface area contributed by atoms with Crippen molar-refractivity contribution < 1.29 is 0 Å². The van der Waals surface area contributed by atoms with E-state index in [-0.39, 0.29) is 5.56 Å². The summed E-state index contributed by atoms with van der Waals surface area (Å²) >= 11 is 4.79. The maximum absolute atomic E-state index is 12.2. The van der Waals surface area contributed by atoms with E-state index < -0.39 is 0 Å². The molecule has 9 heteroatoms. The summed E-state index contributed by atoms with van der Waals surface area (Å²) in [5, 5.41) is 14.0. The van der Waals surface area contributed by atoms with Crippen molar-refractivity contribution in [2.75, 3.05) is 0 Å². The highest BCUT2D eigenvalue weighted by atomic mass is 32.2. The lowest BCUT2D eigenvalue weighted by Gasteiger charge is -2.25. The molecule has 1 aliphatic rings. The predicted molar refractivity (Wildman–Crippen MR) is 119 cm³/mol. The number of nitrogens with zero attached hydrogens (tertiary/aromatic N) is 4. The first-order valence-electron chi connectivity index (χ1n) is 9.83. The topological polar surface area (TPSA) is 76.5 Å². The Morgan fingerprint density at radius 3 is 2.86 bits per heavy atom. The molecule has 0 saturated heterocycles. The Morgan fingerprint density at radius 2 is 2.03 bits per heavy atom. The molecule has 0 radical (unpaired) electrons. The minimum Gasteiger partial charge on any atom is -0.309 e. The average Bonchev–Trinajstić information content (AvgIpc) is 3.49. The van der Waals surface area contributed by atoms with Gasteiger partial charge >= 0.3 is 0 Å². The third-order valence-corrected chi connectivity index (χ3v) is 8.02. The third kappa shape index (κ3) is 4.04. The number of H-pyrrole nitrogens is 1. The maximum Gasteiger partial charge on any atom is 0.268 e. The molecule has 150 valence electrons. The molecule has 4 heterocycles. The second-order valence-electron chi connectivity index (χ2n) is 7.25. The zero-order valence-corrected chi connectivity index (χ0v) is 18.3. The highest BCUT2D eigenvalue weighted by Crippen LogP contribution is 2.34. The summed E-state index contributed by atoms with van der Waals surface area (Å²) < 4.78 is 3.03. The summed E-state index contributed by atoms with van der Waals surface area (Å²) in [5.41, 5.74) is 0.703. The van der Waals surface area contributed by atoms with Gasteiger partial charge < -0.3 is 9.55 Å². The molecule has 0 atom stereocenters. The normalized spacial score (nSPS) is 15.3. The maximum atomic E-state index is 12.2. The van der Waals surface area contributed by atoms with E-state index in [1.54, 1.807) is 23.1 Å². The van der Waals surface area contributed by atoms with Crippen LogP contribution in [0.15, 0.2) is 38.9 Å². The van der Waals surface area contributed by atoms with Gasteiger partial charge in [-0.05, 0) is 35.7 Å². The Balaban J connectivity index is 1.42.